The van der Waals surface area contributed by atoms with E-state index in [4.69, 9.17) is 15.2 Å². The van der Waals surface area contributed by atoms with Crippen molar-refractivity contribution in [1.29, 1.82) is 0 Å². The Bertz CT molecular complexity index is 692. The Balaban J connectivity index is 2.12. The molecule has 1 amide bonds. The number of nitrogens with one attached hydrogen (secondary N) is 1. The molecule has 1 heterocycles. The lowest BCUT2D eigenvalue weighted by atomic mass is 10.2. The number of benzene rings is 1. The zero-order valence-corrected chi connectivity index (χ0v) is 13.8. The van der Waals surface area contributed by atoms with E-state index < -0.39 is 0 Å². The molecule has 1 aromatic carbocycles. The highest BCUT2D eigenvalue weighted by atomic mass is 79.9. The fourth-order valence-electron chi connectivity index (χ4n) is 1.89. The quantitative estimate of drug-likeness (QED) is 0.794. The second-order valence-corrected chi connectivity index (χ2v) is 5.24. The molecule has 0 unspecified atom stereocenters. The van der Waals surface area contributed by atoms with Gasteiger partial charge in [-0.25, -0.2) is 4.98 Å². The van der Waals surface area contributed by atoms with E-state index in [9.17, 15) is 4.79 Å². The van der Waals surface area contributed by atoms with Gasteiger partial charge >= 0.3 is 0 Å². The molecule has 2 aromatic rings. The minimum Gasteiger partial charge on any atom is -0.497 e. The van der Waals surface area contributed by atoms with Gasteiger partial charge in [-0.15, -0.1) is 0 Å². The lowest BCUT2D eigenvalue weighted by Gasteiger charge is -2.12. The van der Waals surface area contributed by atoms with Crippen LogP contribution in [-0.4, -0.2) is 25.1 Å². The maximum Gasteiger partial charge on any atom is 0.272 e. The molecule has 0 aliphatic heterocycles. The van der Waals surface area contributed by atoms with Gasteiger partial charge in [0.25, 0.3) is 5.91 Å². The summed E-state index contributed by atoms with van der Waals surface area (Å²) in [5.41, 5.74) is 7.10. The zero-order valence-electron chi connectivity index (χ0n) is 12.2. The van der Waals surface area contributed by atoms with Gasteiger partial charge in [0.1, 0.15) is 16.1 Å². The molecular weight excluding hydrogens is 350 g/mol. The fraction of sp³-hybridized carbons (Fsp3) is 0.200. The summed E-state index contributed by atoms with van der Waals surface area (Å²) < 4.78 is 11.0. The number of carbonyl (C=O) groups excluding carboxylic acids is 1. The van der Waals surface area contributed by atoms with Crippen molar-refractivity contribution in [3.05, 3.63) is 46.2 Å². The molecule has 0 aliphatic rings. The third kappa shape index (κ3) is 3.67. The highest BCUT2D eigenvalue weighted by molar-refractivity contribution is 9.10. The third-order valence-corrected chi connectivity index (χ3v) is 3.48. The number of amides is 1. The molecule has 6 nitrogen and oxygen atoms in total. The van der Waals surface area contributed by atoms with Crippen LogP contribution in [0.2, 0.25) is 0 Å². The van der Waals surface area contributed by atoms with Gasteiger partial charge in [0.15, 0.2) is 5.69 Å². The first-order valence-electron chi connectivity index (χ1n) is 6.46. The number of aromatic nitrogens is 1. The van der Waals surface area contributed by atoms with Crippen LogP contribution >= 0.6 is 15.9 Å². The van der Waals surface area contributed by atoms with E-state index in [2.05, 4.69) is 26.2 Å². The molecule has 22 heavy (non-hydrogen) atoms. The number of carbonyl (C=O) groups is 1. The van der Waals surface area contributed by atoms with Crippen molar-refractivity contribution >= 4 is 27.5 Å². The van der Waals surface area contributed by atoms with Crippen molar-refractivity contribution in [1.82, 2.24) is 10.3 Å². The van der Waals surface area contributed by atoms with Crippen molar-refractivity contribution < 1.29 is 14.3 Å². The number of ether oxygens (including phenoxy) is 2. The average molecular weight is 366 g/mol. The van der Waals surface area contributed by atoms with Crippen LogP contribution in [0.15, 0.2) is 34.9 Å². The maximum atomic E-state index is 12.2. The summed E-state index contributed by atoms with van der Waals surface area (Å²) >= 11 is 3.22. The summed E-state index contributed by atoms with van der Waals surface area (Å²) in [5, 5.41) is 2.77. The zero-order chi connectivity index (χ0) is 16.1. The van der Waals surface area contributed by atoms with E-state index in [0.29, 0.717) is 28.3 Å². The summed E-state index contributed by atoms with van der Waals surface area (Å²) in [6.07, 6.45) is 0. The number of anilines is 1. The van der Waals surface area contributed by atoms with Gasteiger partial charge < -0.3 is 20.5 Å². The van der Waals surface area contributed by atoms with Crippen LogP contribution < -0.4 is 20.5 Å². The molecule has 0 bridgehead atoms. The van der Waals surface area contributed by atoms with Gasteiger partial charge in [0.05, 0.1) is 19.9 Å². The van der Waals surface area contributed by atoms with Gasteiger partial charge in [-0.05, 0) is 40.2 Å². The molecule has 0 atom stereocenters. The summed E-state index contributed by atoms with van der Waals surface area (Å²) in [4.78, 5) is 16.3. The number of nitrogens with zero attached hydrogens (tertiary/aromatic N) is 1. The second-order valence-electron chi connectivity index (χ2n) is 4.43. The van der Waals surface area contributed by atoms with Crippen molar-refractivity contribution in [2.45, 2.75) is 6.54 Å². The van der Waals surface area contributed by atoms with Crippen LogP contribution in [0.5, 0.6) is 11.5 Å². The summed E-state index contributed by atoms with van der Waals surface area (Å²) in [7, 11) is 3.14. The molecular formula is C15H16BrN3O3. The van der Waals surface area contributed by atoms with E-state index >= 15 is 0 Å². The van der Waals surface area contributed by atoms with Crippen LogP contribution in [0.25, 0.3) is 0 Å². The SMILES string of the molecule is COc1ccc(CNC(=O)c2nc(Br)ccc2N)c(OC)c1. The standard InChI is InChI=1S/C15H16BrN3O3/c1-21-10-4-3-9(12(7-10)22-2)8-18-15(20)14-11(17)5-6-13(16)19-14/h3-7H,8,17H2,1-2H3,(H,18,20). The Labute approximate surface area is 136 Å². The summed E-state index contributed by atoms with van der Waals surface area (Å²) in [6.45, 7) is 0.291. The highest BCUT2D eigenvalue weighted by Gasteiger charge is 2.13. The van der Waals surface area contributed by atoms with Crippen LogP contribution in [-0.2, 0) is 6.54 Å². The van der Waals surface area contributed by atoms with Crippen LogP contribution in [0.4, 0.5) is 5.69 Å². The normalized spacial score (nSPS) is 10.1. The van der Waals surface area contributed by atoms with Crippen molar-refractivity contribution in [2.24, 2.45) is 0 Å². The molecule has 0 saturated heterocycles. The van der Waals surface area contributed by atoms with Gasteiger partial charge in [-0.3, -0.25) is 4.79 Å². The number of nitrogen functional groups attached to an aromatic ring is 1. The number of nitrogens with two attached hydrogens (primary N) is 1. The summed E-state index contributed by atoms with van der Waals surface area (Å²) in [5.74, 6) is 0.969. The molecule has 0 fully saturated rings. The third-order valence-electron chi connectivity index (χ3n) is 3.04. The van der Waals surface area contributed by atoms with E-state index in [1.807, 2.05) is 6.07 Å². The van der Waals surface area contributed by atoms with Crippen LogP contribution in [0.1, 0.15) is 16.1 Å². The first kappa shape index (κ1) is 16.1. The van der Waals surface area contributed by atoms with Gasteiger partial charge in [-0.1, -0.05) is 0 Å². The Morgan fingerprint density at radius 1 is 1.27 bits per heavy atom. The molecule has 2 rings (SSSR count). The molecule has 7 heteroatoms. The number of methoxy groups -OCH3 is 2. The van der Waals surface area contributed by atoms with Crippen molar-refractivity contribution in [2.75, 3.05) is 20.0 Å². The van der Waals surface area contributed by atoms with E-state index in [1.54, 1.807) is 38.5 Å². The van der Waals surface area contributed by atoms with Crippen LogP contribution in [0.3, 0.4) is 0 Å². The molecule has 0 radical (unpaired) electrons. The largest absolute Gasteiger partial charge is 0.497 e. The molecule has 3 N–H and O–H groups in total. The Morgan fingerprint density at radius 2 is 2.05 bits per heavy atom. The van der Waals surface area contributed by atoms with Crippen molar-refractivity contribution in [3.63, 3.8) is 0 Å². The topological polar surface area (TPSA) is 86.5 Å². The van der Waals surface area contributed by atoms with E-state index in [1.165, 1.54) is 0 Å². The molecule has 0 saturated carbocycles. The van der Waals surface area contributed by atoms with Crippen molar-refractivity contribution in [3.8, 4) is 11.5 Å². The number of halogens is 1. The first-order valence-corrected chi connectivity index (χ1v) is 7.25. The summed E-state index contributed by atoms with van der Waals surface area (Å²) in [6, 6.07) is 8.69. The molecule has 0 spiro atoms. The lowest BCUT2D eigenvalue weighted by Crippen LogP contribution is -2.25. The van der Waals surface area contributed by atoms with Crippen LogP contribution in [0, 0.1) is 0 Å². The molecule has 1 aromatic heterocycles. The minimum absolute atomic E-state index is 0.182. The van der Waals surface area contributed by atoms with Gasteiger partial charge in [0, 0.05) is 18.2 Å². The fourth-order valence-corrected chi connectivity index (χ4v) is 2.19. The monoisotopic (exact) mass is 365 g/mol. The van der Waals surface area contributed by atoms with Gasteiger partial charge in [0.2, 0.25) is 0 Å². The van der Waals surface area contributed by atoms with E-state index in [0.717, 1.165) is 5.56 Å². The number of rotatable bonds is 5. The minimum atomic E-state index is -0.350. The van der Waals surface area contributed by atoms with E-state index in [-0.39, 0.29) is 11.6 Å². The Kier molecular flexibility index (Phi) is 5.21. The molecule has 0 aliphatic carbocycles. The predicted molar refractivity (Wildman–Crippen MR) is 87.1 cm³/mol. The smallest absolute Gasteiger partial charge is 0.272 e. The number of hydrogen-bond acceptors (Lipinski definition) is 5. The maximum absolute atomic E-state index is 12.2. The number of hydrogen-bond donors (Lipinski definition) is 2. The van der Waals surface area contributed by atoms with Gasteiger partial charge in [-0.2, -0.15) is 0 Å². The first-order chi connectivity index (χ1) is 10.5. The average Bonchev–Trinajstić information content (AvgIpc) is 2.54. The highest BCUT2D eigenvalue weighted by Crippen LogP contribution is 2.24. The Morgan fingerprint density at radius 3 is 2.73 bits per heavy atom. The molecule has 116 valence electrons. The number of pyridine rings is 1. The lowest BCUT2D eigenvalue weighted by molar-refractivity contribution is 0.0946. The second kappa shape index (κ2) is 7.13. The predicted octanol–water partition coefficient (Wildman–Crippen LogP) is 2.37. The Hall–Kier alpha value is -2.28.